The van der Waals surface area contributed by atoms with Crippen LogP contribution in [0.25, 0.3) is 16.0 Å². The van der Waals surface area contributed by atoms with E-state index in [1.165, 1.54) is 11.3 Å². The summed E-state index contributed by atoms with van der Waals surface area (Å²) in [5.41, 5.74) is 8.25. The molecule has 1 amide bonds. The Morgan fingerprint density at radius 2 is 1.97 bits per heavy atom. The van der Waals surface area contributed by atoms with E-state index in [-0.39, 0.29) is 12.2 Å². The molecule has 2 N–H and O–H groups in total. The number of halogens is 1. The number of ether oxygens (including phenoxy) is 2. The number of hydrogen-bond donors (Lipinski definition) is 1. The molecular formula is C26H27ClN4O3S. The van der Waals surface area contributed by atoms with E-state index >= 15 is 0 Å². The number of carbonyl (C=O) groups excluding carboxylic acids is 1. The molecule has 4 aromatic rings. The van der Waals surface area contributed by atoms with Crippen LogP contribution in [0.1, 0.15) is 41.1 Å². The molecule has 1 atom stereocenters. The lowest BCUT2D eigenvalue weighted by molar-refractivity contribution is 0.0998. The van der Waals surface area contributed by atoms with E-state index in [1.54, 1.807) is 6.33 Å². The van der Waals surface area contributed by atoms with E-state index in [4.69, 9.17) is 26.8 Å². The molecule has 2 aromatic heterocycles. The summed E-state index contributed by atoms with van der Waals surface area (Å²) < 4.78 is 14.4. The number of nitrogens with zero attached hydrogens (tertiary/aromatic N) is 3. The van der Waals surface area contributed by atoms with E-state index in [9.17, 15) is 4.79 Å². The summed E-state index contributed by atoms with van der Waals surface area (Å²) in [6.45, 7) is 3.96. The Balaban J connectivity index is 1.44. The summed E-state index contributed by atoms with van der Waals surface area (Å²) >= 11 is 7.60. The van der Waals surface area contributed by atoms with Crippen molar-refractivity contribution in [3.63, 3.8) is 0 Å². The third-order valence-corrected chi connectivity index (χ3v) is 7.75. The predicted molar refractivity (Wildman–Crippen MR) is 139 cm³/mol. The van der Waals surface area contributed by atoms with Gasteiger partial charge in [-0.2, -0.15) is 0 Å². The van der Waals surface area contributed by atoms with Crippen LogP contribution in [-0.4, -0.2) is 46.6 Å². The molecule has 35 heavy (non-hydrogen) atoms. The average Bonchev–Trinajstić information content (AvgIpc) is 3.44. The van der Waals surface area contributed by atoms with Crippen LogP contribution in [0.3, 0.4) is 0 Å². The van der Waals surface area contributed by atoms with Crippen molar-refractivity contribution in [2.75, 3.05) is 20.1 Å². The third kappa shape index (κ3) is 5.00. The van der Waals surface area contributed by atoms with Gasteiger partial charge >= 0.3 is 0 Å². The molecular weight excluding hydrogens is 484 g/mol. The summed E-state index contributed by atoms with van der Waals surface area (Å²) in [5.74, 6) is 0.688. The van der Waals surface area contributed by atoms with Crippen LogP contribution >= 0.6 is 22.9 Å². The van der Waals surface area contributed by atoms with E-state index in [2.05, 4.69) is 16.9 Å². The fourth-order valence-electron chi connectivity index (χ4n) is 4.33. The van der Waals surface area contributed by atoms with Gasteiger partial charge in [0.05, 0.1) is 11.0 Å². The van der Waals surface area contributed by atoms with Crippen LogP contribution in [0, 0.1) is 0 Å². The minimum absolute atomic E-state index is 0.203. The maximum Gasteiger partial charge on any atom is 0.262 e. The van der Waals surface area contributed by atoms with Crippen LogP contribution in [0.15, 0.2) is 54.9 Å². The Hall–Kier alpha value is -3.07. The minimum Gasteiger partial charge on any atom is -0.490 e. The molecule has 0 spiro atoms. The number of likely N-dealkylation sites (tertiary alicyclic amines) is 1. The number of piperidine rings is 1. The second-order valence-corrected chi connectivity index (χ2v) is 10.2. The second kappa shape index (κ2) is 9.89. The van der Waals surface area contributed by atoms with Gasteiger partial charge in [-0.25, -0.2) is 4.98 Å². The summed E-state index contributed by atoms with van der Waals surface area (Å²) in [7, 11) is 2.13. The molecule has 0 radical (unpaired) electrons. The van der Waals surface area contributed by atoms with Gasteiger partial charge in [0.1, 0.15) is 39.9 Å². The fourth-order valence-corrected chi connectivity index (χ4v) is 5.55. The van der Waals surface area contributed by atoms with Crippen molar-refractivity contribution in [3.8, 4) is 16.5 Å². The molecule has 7 nitrogen and oxygen atoms in total. The number of nitrogens with two attached hydrogens (primary N) is 1. The van der Waals surface area contributed by atoms with E-state index < -0.39 is 5.91 Å². The van der Waals surface area contributed by atoms with Crippen molar-refractivity contribution >= 4 is 39.9 Å². The molecule has 1 aliphatic rings. The molecule has 1 fully saturated rings. The van der Waals surface area contributed by atoms with Gasteiger partial charge in [0.2, 0.25) is 0 Å². The fraction of sp³-hybridized carbons (Fsp3) is 0.308. The first kappa shape index (κ1) is 23.7. The van der Waals surface area contributed by atoms with Crippen LogP contribution < -0.4 is 15.2 Å². The molecule has 0 bridgehead atoms. The normalized spacial score (nSPS) is 15.9. The zero-order valence-electron chi connectivity index (χ0n) is 19.6. The SMILES string of the molecule is C[C@H](Oc1cc(-n2cnc3ccc(OC4CCN(C)CC4)cc32)sc1C(N)=O)c1ccccc1Cl. The molecule has 9 heteroatoms. The molecule has 2 aromatic carbocycles. The van der Waals surface area contributed by atoms with Gasteiger partial charge in [-0.15, -0.1) is 11.3 Å². The van der Waals surface area contributed by atoms with E-state index in [0.717, 1.165) is 53.3 Å². The molecule has 0 aliphatic carbocycles. The van der Waals surface area contributed by atoms with Crippen molar-refractivity contribution in [2.24, 2.45) is 5.73 Å². The first-order chi connectivity index (χ1) is 16.9. The maximum absolute atomic E-state index is 12.2. The zero-order valence-corrected chi connectivity index (χ0v) is 21.2. The van der Waals surface area contributed by atoms with E-state index in [1.807, 2.05) is 60.0 Å². The van der Waals surface area contributed by atoms with Gasteiger partial charge in [-0.3, -0.25) is 9.36 Å². The lowest BCUT2D eigenvalue weighted by Gasteiger charge is -2.29. The van der Waals surface area contributed by atoms with Gasteiger partial charge in [-0.1, -0.05) is 29.8 Å². The van der Waals surface area contributed by atoms with Crippen molar-refractivity contribution in [3.05, 3.63) is 70.3 Å². The monoisotopic (exact) mass is 510 g/mol. The first-order valence-corrected chi connectivity index (χ1v) is 12.8. The topological polar surface area (TPSA) is 82.6 Å². The lowest BCUT2D eigenvalue weighted by Crippen LogP contribution is -2.35. The molecule has 182 valence electrons. The average molecular weight is 511 g/mol. The highest BCUT2D eigenvalue weighted by Gasteiger charge is 2.22. The number of aromatic nitrogens is 2. The minimum atomic E-state index is -0.543. The molecule has 0 unspecified atom stereocenters. The number of carbonyl (C=O) groups is 1. The Bertz CT molecular complexity index is 1360. The number of primary amides is 1. The Kier molecular flexibility index (Phi) is 6.69. The van der Waals surface area contributed by atoms with E-state index in [0.29, 0.717) is 15.6 Å². The Morgan fingerprint density at radius 1 is 1.20 bits per heavy atom. The smallest absolute Gasteiger partial charge is 0.262 e. The highest BCUT2D eigenvalue weighted by Crippen LogP contribution is 2.37. The predicted octanol–water partition coefficient (Wildman–Crippen LogP) is 5.45. The van der Waals surface area contributed by atoms with Crippen molar-refractivity contribution in [1.29, 1.82) is 0 Å². The molecule has 3 heterocycles. The third-order valence-electron chi connectivity index (χ3n) is 6.28. The van der Waals surface area contributed by atoms with Gasteiger partial charge in [-0.05, 0) is 45.0 Å². The van der Waals surface area contributed by atoms with Gasteiger partial charge < -0.3 is 20.1 Å². The summed E-state index contributed by atoms with van der Waals surface area (Å²) in [6, 6.07) is 15.2. The standard InChI is InChI=1S/C26H27ClN4O3S/c1-16(19-5-3-4-6-20(19)27)33-23-14-24(35-25(23)26(28)32)31-15-29-21-8-7-18(13-22(21)31)34-17-9-11-30(2)12-10-17/h3-8,13-17H,9-12H2,1-2H3,(H2,28,32)/t16-/m0/s1. The molecule has 1 saturated heterocycles. The van der Waals surface area contributed by atoms with Gasteiger partial charge in [0.15, 0.2) is 0 Å². The number of imidazole rings is 1. The Labute approximate surface area is 213 Å². The van der Waals surface area contributed by atoms with Gasteiger partial charge in [0, 0.05) is 35.8 Å². The second-order valence-electron chi connectivity index (χ2n) is 8.81. The van der Waals surface area contributed by atoms with Crippen LogP contribution in [0.4, 0.5) is 0 Å². The number of hydrogen-bond acceptors (Lipinski definition) is 6. The number of amides is 1. The molecule has 0 saturated carbocycles. The van der Waals surface area contributed by atoms with Crippen molar-refractivity contribution in [1.82, 2.24) is 14.5 Å². The van der Waals surface area contributed by atoms with Crippen molar-refractivity contribution < 1.29 is 14.3 Å². The zero-order chi connectivity index (χ0) is 24.5. The number of rotatable bonds is 7. The van der Waals surface area contributed by atoms with Crippen LogP contribution in [0.5, 0.6) is 11.5 Å². The van der Waals surface area contributed by atoms with Crippen molar-refractivity contribution in [2.45, 2.75) is 32.0 Å². The Morgan fingerprint density at radius 3 is 2.71 bits per heavy atom. The summed E-state index contributed by atoms with van der Waals surface area (Å²) in [6.07, 6.45) is 3.59. The first-order valence-electron chi connectivity index (χ1n) is 11.6. The van der Waals surface area contributed by atoms with Crippen LogP contribution in [-0.2, 0) is 0 Å². The molecule has 1 aliphatic heterocycles. The largest absolute Gasteiger partial charge is 0.490 e. The highest BCUT2D eigenvalue weighted by molar-refractivity contribution is 7.16. The summed E-state index contributed by atoms with van der Waals surface area (Å²) in [5, 5.41) is 1.38. The number of thiophene rings is 1. The number of fused-ring (bicyclic) bond motifs is 1. The highest BCUT2D eigenvalue weighted by atomic mass is 35.5. The summed E-state index contributed by atoms with van der Waals surface area (Å²) in [4.78, 5) is 19.4. The lowest BCUT2D eigenvalue weighted by atomic mass is 10.1. The van der Waals surface area contributed by atoms with Crippen LogP contribution in [0.2, 0.25) is 5.02 Å². The quantitative estimate of drug-likeness (QED) is 0.357. The number of benzene rings is 2. The van der Waals surface area contributed by atoms with Gasteiger partial charge in [0.25, 0.3) is 5.91 Å². The molecule has 5 rings (SSSR count). The maximum atomic E-state index is 12.2.